The average molecular weight is 437 g/mol. The van der Waals surface area contributed by atoms with E-state index in [1.807, 2.05) is 6.07 Å². The molecule has 0 saturated heterocycles. The summed E-state index contributed by atoms with van der Waals surface area (Å²) in [5.74, 6) is 1.72. The zero-order valence-corrected chi connectivity index (χ0v) is 17.2. The third kappa shape index (κ3) is 3.87. The van der Waals surface area contributed by atoms with Crippen LogP contribution in [-0.4, -0.2) is 23.2 Å². The number of aromatic nitrogens is 3. The molecule has 3 aromatic rings. The molecule has 146 valence electrons. The van der Waals surface area contributed by atoms with E-state index < -0.39 is 10.0 Å². The van der Waals surface area contributed by atoms with E-state index in [0.29, 0.717) is 10.7 Å². The van der Waals surface area contributed by atoms with Gasteiger partial charge in [0.2, 0.25) is 0 Å². The Labute approximate surface area is 173 Å². The molecule has 0 unspecified atom stereocenters. The van der Waals surface area contributed by atoms with Crippen molar-refractivity contribution in [3.63, 3.8) is 0 Å². The van der Waals surface area contributed by atoms with Crippen molar-refractivity contribution >= 4 is 38.9 Å². The van der Waals surface area contributed by atoms with Crippen LogP contribution in [0.1, 0.15) is 25.1 Å². The molecule has 1 aromatic heterocycles. The highest BCUT2D eigenvalue weighted by Gasteiger charge is 2.20. The normalized spacial score (nSPS) is 14.4. The van der Waals surface area contributed by atoms with E-state index in [9.17, 15) is 8.42 Å². The highest BCUT2D eigenvalue weighted by Crippen LogP contribution is 2.29. The average Bonchev–Trinajstić information content (AvgIpc) is 2.92. The first kappa shape index (κ1) is 19.2. The highest BCUT2D eigenvalue weighted by molar-refractivity contribution is 7.92. The van der Waals surface area contributed by atoms with Crippen molar-refractivity contribution in [2.24, 2.45) is 0 Å². The molecular formula is C19H18Cl2N4O2S. The van der Waals surface area contributed by atoms with E-state index in [0.717, 1.165) is 43.0 Å². The number of nitrogens with one attached hydrogen (secondary N) is 1. The molecule has 0 fully saturated rings. The van der Waals surface area contributed by atoms with E-state index >= 15 is 0 Å². The van der Waals surface area contributed by atoms with Gasteiger partial charge in [-0.3, -0.25) is 4.72 Å². The van der Waals surface area contributed by atoms with Crippen molar-refractivity contribution in [1.82, 2.24) is 14.8 Å². The van der Waals surface area contributed by atoms with Crippen LogP contribution in [0.25, 0.3) is 11.4 Å². The standard InChI is InChI=1S/C19H18Cl2N4O2S/c20-14-8-9-16(21)17(12-14)28(26,27)24-15-6-4-5-13(11-15)19-23-22-18-7-2-1-3-10-25(18)19/h4-6,8-9,11-12,24H,1-3,7,10H2. The summed E-state index contributed by atoms with van der Waals surface area (Å²) in [6.07, 6.45) is 4.27. The summed E-state index contributed by atoms with van der Waals surface area (Å²) >= 11 is 12.0. The second kappa shape index (κ2) is 7.73. The van der Waals surface area contributed by atoms with E-state index in [-0.39, 0.29) is 9.92 Å². The summed E-state index contributed by atoms with van der Waals surface area (Å²) in [6.45, 7) is 0.867. The van der Waals surface area contributed by atoms with Gasteiger partial charge < -0.3 is 4.57 Å². The van der Waals surface area contributed by atoms with Gasteiger partial charge in [0.1, 0.15) is 10.7 Å². The molecule has 0 atom stereocenters. The zero-order chi connectivity index (χ0) is 19.7. The lowest BCUT2D eigenvalue weighted by Crippen LogP contribution is -2.13. The predicted octanol–water partition coefficient (Wildman–Crippen LogP) is 4.78. The maximum atomic E-state index is 12.8. The Hall–Kier alpha value is -2.09. The number of anilines is 1. The molecule has 9 heteroatoms. The summed E-state index contributed by atoms with van der Waals surface area (Å²) < 4.78 is 30.2. The number of rotatable bonds is 4. The number of hydrogen-bond acceptors (Lipinski definition) is 4. The molecule has 1 aliphatic heterocycles. The number of fused-ring (bicyclic) bond motifs is 1. The molecule has 2 aromatic carbocycles. The molecule has 1 aliphatic rings. The largest absolute Gasteiger partial charge is 0.311 e. The van der Waals surface area contributed by atoms with Gasteiger partial charge in [0.25, 0.3) is 10.0 Å². The van der Waals surface area contributed by atoms with Crippen LogP contribution in [0, 0.1) is 0 Å². The van der Waals surface area contributed by atoms with Crippen LogP contribution in [0.3, 0.4) is 0 Å². The molecule has 6 nitrogen and oxygen atoms in total. The fraction of sp³-hybridized carbons (Fsp3) is 0.263. The quantitative estimate of drug-likeness (QED) is 0.638. The van der Waals surface area contributed by atoms with Crippen molar-refractivity contribution in [3.8, 4) is 11.4 Å². The molecule has 1 N–H and O–H groups in total. The Morgan fingerprint density at radius 1 is 1.00 bits per heavy atom. The topological polar surface area (TPSA) is 76.9 Å². The molecule has 0 aliphatic carbocycles. The lowest BCUT2D eigenvalue weighted by atomic mass is 10.2. The van der Waals surface area contributed by atoms with Gasteiger partial charge in [0, 0.05) is 29.2 Å². The van der Waals surface area contributed by atoms with Crippen molar-refractivity contribution < 1.29 is 8.42 Å². The van der Waals surface area contributed by atoms with Crippen LogP contribution >= 0.6 is 23.2 Å². The fourth-order valence-electron chi connectivity index (χ4n) is 3.31. The molecule has 0 radical (unpaired) electrons. The van der Waals surface area contributed by atoms with Gasteiger partial charge in [0.05, 0.1) is 5.02 Å². The Balaban J connectivity index is 1.67. The van der Waals surface area contributed by atoms with E-state index in [1.54, 1.807) is 24.3 Å². The van der Waals surface area contributed by atoms with Gasteiger partial charge in [-0.05, 0) is 43.2 Å². The van der Waals surface area contributed by atoms with E-state index in [1.165, 1.54) is 18.6 Å². The summed E-state index contributed by atoms with van der Waals surface area (Å²) in [6, 6.07) is 11.4. The van der Waals surface area contributed by atoms with E-state index in [2.05, 4.69) is 19.5 Å². The summed E-state index contributed by atoms with van der Waals surface area (Å²) in [4.78, 5) is -0.0663. The molecule has 0 spiro atoms. The van der Waals surface area contributed by atoms with Crippen LogP contribution in [-0.2, 0) is 23.0 Å². The lowest BCUT2D eigenvalue weighted by molar-refractivity contribution is 0.601. The Morgan fingerprint density at radius 3 is 2.71 bits per heavy atom. The summed E-state index contributed by atoms with van der Waals surface area (Å²) in [5, 5.41) is 9.04. The number of aryl methyl sites for hydroxylation is 1. The van der Waals surface area contributed by atoms with Gasteiger partial charge in [-0.15, -0.1) is 10.2 Å². The van der Waals surface area contributed by atoms with Crippen molar-refractivity contribution in [3.05, 3.63) is 58.3 Å². The second-order valence-electron chi connectivity index (χ2n) is 6.66. The van der Waals surface area contributed by atoms with Gasteiger partial charge in [-0.25, -0.2) is 8.42 Å². The zero-order valence-electron chi connectivity index (χ0n) is 14.9. The third-order valence-electron chi connectivity index (χ3n) is 4.67. The number of benzene rings is 2. The third-order valence-corrected chi connectivity index (χ3v) is 6.76. The SMILES string of the molecule is O=S(=O)(Nc1cccc(-c2nnc3n2CCCCC3)c1)c1cc(Cl)ccc1Cl. The minimum Gasteiger partial charge on any atom is -0.311 e. The molecular weight excluding hydrogens is 419 g/mol. The maximum absolute atomic E-state index is 12.8. The first-order chi connectivity index (χ1) is 13.4. The molecule has 0 bridgehead atoms. The molecule has 4 rings (SSSR count). The van der Waals surface area contributed by atoms with Crippen LogP contribution in [0.2, 0.25) is 10.0 Å². The Bertz CT molecular complexity index is 1130. The van der Waals surface area contributed by atoms with Crippen LogP contribution in [0.15, 0.2) is 47.4 Å². The molecule has 0 amide bonds. The van der Waals surface area contributed by atoms with Crippen molar-refractivity contribution in [1.29, 1.82) is 0 Å². The van der Waals surface area contributed by atoms with Gasteiger partial charge in [0.15, 0.2) is 5.82 Å². The smallest absolute Gasteiger partial charge is 0.263 e. The number of sulfonamides is 1. The monoisotopic (exact) mass is 436 g/mol. The van der Waals surface area contributed by atoms with Crippen molar-refractivity contribution in [2.75, 3.05) is 4.72 Å². The Kier molecular flexibility index (Phi) is 5.31. The fourth-order valence-corrected chi connectivity index (χ4v) is 5.13. The predicted molar refractivity (Wildman–Crippen MR) is 110 cm³/mol. The first-order valence-corrected chi connectivity index (χ1v) is 11.2. The maximum Gasteiger partial charge on any atom is 0.263 e. The van der Waals surface area contributed by atoms with Gasteiger partial charge in [-0.2, -0.15) is 0 Å². The van der Waals surface area contributed by atoms with Crippen LogP contribution in [0.4, 0.5) is 5.69 Å². The molecule has 0 saturated carbocycles. The molecule has 2 heterocycles. The Morgan fingerprint density at radius 2 is 1.86 bits per heavy atom. The second-order valence-corrected chi connectivity index (χ2v) is 9.16. The number of hydrogen-bond donors (Lipinski definition) is 1. The van der Waals surface area contributed by atoms with Crippen molar-refractivity contribution in [2.45, 2.75) is 37.1 Å². The first-order valence-electron chi connectivity index (χ1n) is 8.94. The van der Waals surface area contributed by atoms with Gasteiger partial charge in [-0.1, -0.05) is 41.8 Å². The highest BCUT2D eigenvalue weighted by atomic mass is 35.5. The summed E-state index contributed by atoms with van der Waals surface area (Å²) in [5.41, 5.74) is 1.22. The number of halogens is 2. The van der Waals surface area contributed by atoms with Crippen LogP contribution in [0.5, 0.6) is 0 Å². The minimum atomic E-state index is -3.88. The minimum absolute atomic E-state index is 0.0663. The van der Waals surface area contributed by atoms with Crippen LogP contribution < -0.4 is 4.72 Å². The van der Waals surface area contributed by atoms with E-state index in [4.69, 9.17) is 23.2 Å². The number of nitrogens with zero attached hydrogens (tertiary/aromatic N) is 3. The molecule has 28 heavy (non-hydrogen) atoms. The lowest BCUT2D eigenvalue weighted by Gasteiger charge is -2.12. The van der Waals surface area contributed by atoms with Gasteiger partial charge >= 0.3 is 0 Å². The summed E-state index contributed by atoms with van der Waals surface area (Å²) in [7, 11) is -3.88.